The maximum absolute atomic E-state index is 10.7. The van der Waals surface area contributed by atoms with Crippen LogP contribution in [0, 0.1) is 0 Å². The van der Waals surface area contributed by atoms with E-state index in [4.69, 9.17) is 85.6 Å². The van der Waals surface area contributed by atoms with Crippen LogP contribution in [0.2, 0.25) is 0 Å². The molecule has 2 aromatic carbocycles. The number of unbranched alkanes of at least 4 members (excludes halogenated alkanes) is 1. The van der Waals surface area contributed by atoms with Crippen molar-refractivity contribution in [3.63, 3.8) is 0 Å². The highest BCUT2D eigenvalue weighted by Gasteiger charge is 2.13. The minimum absolute atomic E-state index is 0.0476. The third-order valence-electron chi connectivity index (χ3n) is 7.72. The number of carboxylic acid groups (broad SMARTS) is 2. The number of alkyl halides is 6. The summed E-state index contributed by atoms with van der Waals surface area (Å²) in [6.45, 7) is 4.93. The molecule has 2 aromatic rings. The van der Waals surface area contributed by atoms with Crippen molar-refractivity contribution in [2.45, 2.75) is 44.6 Å². The van der Waals surface area contributed by atoms with Crippen molar-refractivity contribution in [2.24, 2.45) is 5.73 Å². The van der Waals surface area contributed by atoms with E-state index < -0.39 is 38.2 Å². The average molecular weight is 1010 g/mol. The smallest absolute Gasteiger partial charge is 0.320 e. The van der Waals surface area contributed by atoms with Crippen LogP contribution >= 0.6 is 69.6 Å². The molecule has 2 rings (SSSR count). The third kappa shape index (κ3) is 36.0. The molecule has 1 atom stereocenters. The fourth-order valence-electron chi connectivity index (χ4n) is 4.67. The van der Waals surface area contributed by atoms with Gasteiger partial charge in [0.15, 0.2) is 0 Å². The number of hydrogen-bond donors (Lipinski definition) is 3. The Morgan fingerprint density at radius 2 is 0.967 bits per heavy atom. The lowest BCUT2D eigenvalue weighted by molar-refractivity contribution is -0.139. The molecule has 22 heteroatoms. The van der Waals surface area contributed by atoms with Gasteiger partial charge in [0.1, 0.15) is 6.04 Å². The average Bonchev–Trinajstić information content (AvgIpc) is 3.17. The molecule has 0 aliphatic rings. The Morgan fingerprint density at radius 3 is 1.27 bits per heavy atom. The van der Waals surface area contributed by atoms with E-state index in [1.165, 1.54) is 0 Å². The summed E-state index contributed by atoms with van der Waals surface area (Å²) in [5.74, 6) is 1.84. The lowest BCUT2D eigenvalue weighted by Crippen LogP contribution is -2.32. The maximum Gasteiger partial charge on any atom is 0.320 e. The van der Waals surface area contributed by atoms with Crippen LogP contribution in [0.1, 0.15) is 36.8 Å². The van der Waals surface area contributed by atoms with Gasteiger partial charge in [-0.1, -0.05) is 24.3 Å². The minimum Gasteiger partial charge on any atom is -0.481 e. The van der Waals surface area contributed by atoms with Gasteiger partial charge in [0.05, 0.1) is 25.7 Å². The molecule has 0 bridgehead atoms. The fraction of sp³-hybridized carbons (Fsp3) is 0.632. The van der Waals surface area contributed by atoms with E-state index in [9.17, 15) is 26.4 Å². The monoisotopic (exact) mass is 1010 g/mol. The van der Waals surface area contributed by atoms with Crippen LogP contribution in [0.3, 0.4) is 0 Å². The minimum atomic E-state index is -3.40. The summed E-state index contributed by atoms with van der Waals surface area (Å²) in [5.41, 5.74) is 9.67. The number of benzene rings is 2. The Kier molecular flexibility index (Phi) is 37.2. The number of nitrogens with zero attached hydrogens (tertiary/aromatic N) is 3. The number of halogens is 6. The molecule has 0 aliphatic heterocycles. The van der Waals surface area contributed by atoms with Gasteiger partial charge in [-0.25, -0.2) is 0 Å². The topological polar surface area (TPSA) is 197 Å². The number of aliphatic carboxylic acids is 2. The van der Waals surface area contributed by atoms with Crippen LogP contribution < -0.4 is 15.5 Å². The molecule has 0 saturated carbocycles. The molecule has 0 amide bonds. The predicted octanol–water partition coefficient (Wildman–Crippen LogP) is 6.42. The van der Waals surface area contributed by atoms with E-state index in [1.807, 2.05) is 55.6 Å². The van der Waals surface area contributed by atoms with Crippen molar-refractivity contribution in [3.05, 3.63) is 59.7 Å². The lowest BCUT2D eigenvalue weighted by Gasteiger charge is -2.23. The van der Waals surface area contributed by atoms with Gasteiger partial charge in [0.25, 0.3) is 20.2 Å². The number of hydrogen-bond acceptors (Lipinski definition) is 12. The lowest BCUT2D eigenvalue weighted by atomic mass is 10.1. The van der Waals surface area contributed by atoms with E-state index >= 15 is 0 Å². The van der Waals surface area contributed by atoms with Gasteiger partial charge in [-0.15, -0.1) is 69.6 Å². The van der Waals surface area contributed by atoms with Crippen LogP contribution in [-0.2, 0) is 51.0 Å². The molecule has 0 heterocycles. The van der Waals surface area contributed by atoms with Crippen LogP contribution in [0.4, 0.5) is 11.4 Å². The molecule has 0 spiro atoms. The highest BCUT2D eigenvalue weighted by atomic mass is 35.5. The SMILES string of the molecule is CN(CCCl)CCCl.CS(=O)(=O)OCCCCOS(C)(=O)=O.NC(Cc1ccc(N(CCCl)CCCl)cc1)C(=O)O.O=C(O)CCCc1ccc(N(CCCl)CCCl)cc1. The second-order valence-electron chi connectivity index (χ2n) is 12.9. The van der Waals surface area contributed by atoms with Crippen molar-refractivity contribution in [2.75, 3.05) is 117 Å². The Balaban J connectivity index is 0. The van der Waals surface area contributed by atoms with Crippen molar-refractivity contribution in [1.82, 2.24) is 4.90 Å². The molecule has 0 saturated heterocycles. The van der Waals surface area contributed by atoms with Crippen molar-refractivity contribution < 1.29 is 45.0 Å². The standard InChI is InChI=1S/C14H19Cl2NO2.C13H18Cl2N2O2.C6H14O6S2.C5H11Cl2N/c15-8-10-17(11-9-16)13-6-4-12(5-7-13)2-1-3-14(18)19;14-5-7-17(8-6-15)11-3-1-10(2-4-11)9-12(16)13(18)19;1-13(7,8)11-5-3-4-6-12-14(2,9)10;1-8(4-2-6)5-3-7/h4-7H,1-3,8-11H2,(H,18,19);1-4,12H,5-9,16H2,(H,18,19);3-6H2,1-2H3;2-5H2,1H3. The molecule has 0 radical (unpaired) electrons. The molecule has 60 heavy (non-hydrogen) atoms. The summed E-state index contributed by atoms with van der Waals surface area (Å²) in [6, 6.07) is 14.9. The summed E-state index contributed by atoms with van der Waals surface area (Å²) in [5, 5.41) is 17.4. The van der Waals surface area contributed by atoms with Gasteiger partial charge in [-0.2, -0.15) is 16.8 Å². The van der Waals surface area contributed by atoms with E-state index in [2.05, 4.69) is 23.1 Å². The highest BCUT2D eigenvalue weighted by molar-refractivity contribution is 7.86. The number of carbonyl (C=O) groups is 2. The van der Waals surface area contributed by atoms with Gasteiger partial charge >= 0.3 is 11.9 Å². The Hall–Kier alpha value is -1.54. The number of rotatable bonds is 28. The Bertz CT molecular complexity index is 1560. The van der Waals surface area contributed by atoms with E-state index in [0.717, 1.165) is 80.7 Å². The fourth-order valence-corrected chi connectivity index (χ4v) is 6.91. The van der Waals surface area contributed by atoms with E-state index in [0.29, 0.717) is 61.0 Å². The summed E-state index contributed by atoms with van der Waals surface area (Å²) < 4.78 is 50.8. The van der Waals surface area contributed by atoms with E-state index in [-0.39, 0.29) is 19.6 Å². The normalized spacial score (nSPS) is 11.6. The molecule has 348 valence electrons. The first-order valence-electron chi connectivity index (χ1n) is 18.9. The largest absolute Gasteiger partial charge is 0.481 e. The molecule has 0 aromatic heterocycles. The zero-order chi connectivity index (χ0) is 46.0. The Labute approximate surface area is 387 Å². The number of aryl methyl sites for hydroxylation is 1. The molecule has 0 aliphatic carbocycles. The summed E-state index contributed by atoms with van der Waals surface area (Å²) >= 11 is 33.9. The molecule has 1 unspecified atom stereocenters. The van der Waals surface area contributed by atoms with Crippen LogP contribution in [0.5, 0.6) is 0 Å². The molecule has 4 N–H and O–H groups in total. The molecule has 14 nitrogen and oxygen atoms in total. The summed E-state index contributed by atoms with van der Waals surface area (Å²) in [4.78, 5) is 27.5. The van der Waals surface area contributed by atoms with Gasteiger partial charge < -0.3 is 30.6 Å². The van der Waals surface area contributed by atoms with Crippen molar-refractivity contribution in [3.8, 4) is 0 Å². The highest BCUT2D eigenvalue weighted by Crippen LogP contribution is 2.18. The summed E-state index contributed by atoms with van der Waals surface area (Å²) in [7, 11) is -4.79. The predicted molar refractivity (Wildman–Crippen MR) is 250 cm³/mol. The third-order valence-corrected chi connectivity index (χ3v) is 9.92. The zero-order valence-electron chi connectivity index (χ0n) is 34.5. The van der Waals surface area contributed by atoms with Crippen LogP contribution in [-0.4, -0.2) is 157 Å². The van der Waals surface area contributed by atoms with E-state index in [1.54, 1.807) is 0 Å². The second-order valence-corrected chi connectivity index (χ2v) is 18.5. The molecular weight excluding hydrogens is 949 g/mol. The Morgan fingerprint density at radius 1 is 0.617 bits per heavy atom. The quantitative estimate of drug-likeness (QED) is 0.0480. The van der Waals surface area contributed by atoms with Gasteiger partial charge in [0.2, 0.25) is 0 Å². The van der Waals surface area contributed by atoms with Gasteiger partial charge in [-0.05, 0) is 74.5 Å². The maximum atomic E-state index is 10.7. The van der Waals surface area contributed by atoms with Gasteiger partial charge in [-0.3, -0.25) is 18.0 Å². The summed E-state index contributed by atoms with van der Waals surface area (Å²) in [6.07, 6.45) is 4.78. The zero-order valence-corrected chi connectivity index (χ0v) is 40.7. The molecule has 0 fully saturated rings. The number of carboxylic acids is 2. The van der Waals surface area contributed by atoms with Crippen LogP contribution in [0.25, 0.3) is 0 Å². The first kappa shape index (κ1) is 60.5. The van der Waals surface area contributed by atoms with Crippen molar-refractivity contribution in [1.29, 1.82) is 0 Å². The number of nitrogens with two attached hydrogens (primary N) is 1. The number of anilines is 2. The van der Waals surface area contributed by atoms with Crippen molar-refractivity contribution >= 4 is 113 Å². The molecular formula is C38H62Cl6N4O10S2. The first-order valence-corrected chi connectivity index (χ1v) is 25.7. The van der Waals surface area contributed by atoms with Gasteiger partial charge in [0, 0.05) is 92.3 Å². The van der Waals surface area contributed by atoms with Crippen LogP contribution in [0.15, 0.2) is 48.5 Å². The first-order chi connectivity index (χ1) is 28.3. The second kappa shape index (κ2) is 36.9.